The number of rotatable bonds is 4. The fourth-order valence-electron chi connectivity index (χ4n) is 6.69. The van der Waals surface area contributed by atoms with E-state index >= 15 is 0 Å². The van der Waals surface area contributed by atoms with Gasteiger partial charge in [0.05, 0.1) is 16.9 Å². The third kappa shape index (κ3) is 3.94. The largest absolute Gasteiger partial charge is 0.256 e. The van der Waals surface area contributed by atoms with E-state index in [0.717, 1.165) is 39.0 Å². The zero-order valence-corrected chi connectivity index (χ0v) is 23.8. The molecule has 9 rings (SSSR count). The van der Waals surface area contributed by atoms with Crippen LogP contribution in [0.15, 0.2) is 152 Å². The fourth-order valence-corrected chi connectivity index (χ4v) is 6.69. The molecule has 44 heavy (non-hydrogen) atoms. The Hall–Kier alpha value is -5.93. The highest BCUT2D eigenvalue weighted by Gasteiger charge is 2.16. The molecule has 3 heterocycles. The molecule has 0 bridgehead atoms. The first-order valence-electron chi connectivity index (χ1n) is 14.8. The molecule has 3 aromatic heterocycles. The molecule has 0 aliphatic carbocycles. The highest BCUT2D eigenvalue weighted by Crippen LogP contribution is 2.43. The van der Waals surface area contributed by atoms with Crippen molar-refractivity contribution in [2.45, 2.75) is 0 Å². The van der Waals surface area contributed by atoms with Crippen LogP contribution >= 0.6 is 0 Å². The molecule has 3 heteroatoms. The molecule has 0 atom stereocenters. The SMILES string of the molecule is c1ccc(-c2cc(-c3ccccn3)cc(-c3ccc4ccc5c(-c6ccc7ncccc7c6)ccc6ccc3c4c65)c2)nc1. The number of hydrogen-bond donors (Lipinski definition) is 0. The molecular weight excluding hydrogens is 534 g/mol. The van der Waals surface area contributed by atoms with Crippen LogP contribution in [0.1, 0.15) is 0 Å². The van der Waals surface area contributed by atoms with E-state index in [2.05, 4.69) is 118 Å². The van der Waals surface area contributed by atoms with E-state index in [9.17, 15) is 0 Å². The van der Waals surface area contributed by atoms with E-state index in [1.807, 2.05) is 48.9 Å². The first-order chi connectivity index (χ1) is 21.8. The van der Waals surface area contributed by atoms with Gasteiger partial charge in [0.25, 0.3) is 0 Å². The Morgan fingerprint density at radius 2 is 0.909 bits per heavy atom. The van der Waals surface area contributed by atoms with Crippen molar-refractivity contribution in [2.24, 2.45) is 0 Å². The summed E-state index contributed by atoms with van der Waals surface area (Å²) in [5.74, 6) is 0. The maximum Gasteiger partial charge on any atom is 0.0702 e. The maximum absolute atomic E-state index is 4.68. The van der Waals surface area contributed by atoms with E-state index in [1.54, 1.807) is 0 Å². The van der Waals surface area contributed by atoms with Gasteiger partial charge in [-0.2, -0.15) is 0 Å². The molecule has 3 nitrogen and oxygen atoms in total. The topological polar surface area (TPSA) is 38.7 Å². The Morgan fingerprint density at radius 1 is 0.341 bits per heavy atom. The number of pyridine rings is 3. The fraction of sp³-hybridized carbons (Fsp3) is 0. The molecule has 0 N–H and O–H groups in total. The summed E-state index contributed by atoms with van der Waals surface area (Å²) in [7, 11) is 0. The third-order valence-electron chi connectivity index (χ3n) is 8.74. The van der Waals surface area contributed by atoms with Crippen molar-refractivity contribution in [3.05, 3.63) is 152 Å². The van der Waals surface area contributed by atoms with E-state index < -0.39 is 0 Å². The number of fused-ring (bicyclic) bond motifs is 1. The van der Waals surface area contributed by atoms with Crippen LogP contribution in [0.2, 0.25) is 0 Å². The van der Waals surface area contributed by atoms with Gasteiger partial charge < -0.3 is 0 Å². The van der Waals surface area contributed by atoms with Crippen molar-refractivity contribution >= 4 is 43.2 Å². The highest BCUT2D eigenvalue weighted by molar-refractivity contribution is 6.27. The Morgan fingerprint density at radius 3 is 1.52 bits per heavy atom. The van der Waals surface area contributed by atoms with Crippen molar-refractivity contribution in [1.29, 1.82) is 0 Å². The molecule has 204 valence electrons. The summed E-state index contributed by atoms with van der Waals surface area (Å²) < 4.78 is 0. The van der Waals surface area contributed by atoms with Gasteiger partial charge in [0.2, 0.25) is 0 Å². The second-order valence-electron chi connectivity index (χ2n) is 11.3. The normalized spacial score (nSPS) is 11.6. The first kappa shape index (κ1) is 24.6. The van der Waals surface area contributed by atoms with E-state index in [-0.39, 0.29) is 0 Å². The Bertz CT molecular complexity index is 2430. The summed E-state index contributed by atoms with van der Waals surface area (Å²) in [6, 6.07) is 47.7. The van der Waals surface area contributed by atoms with Crippen LogP contribution in [0, 0.1) is 0 Å². The molecule has 9 aromatic rings. The summed E-state index contributed by atoms with van der Waals surface area (Å²) >= 11 is 0. The molecule has 0 saturated carbocycles. The smallest absolute Gasteiger partial charge is 0.0702 e. The second-order valence-corrected chi connectivity index (χ2v) is 11.3. The lowest BCUT2D eigenvalue weighted by atomic mass is 9.86. The van der Waals surface area contributed by atoms with Gasteiger partial charge in [-0.3, -0.25) is 15.0 Å². The average molecular weight is 560 g/mol. The lowest BCUT2D eigenvalue weighted by molar-refractivity contribution is 1.31. The maximum atomic E-state index is 4.68. The lowest BCUT2D eigenvalue weighted by Gasteiger charge is -2.17. The van der Waals surface area contributed by atoms with Gasteiger partial charge >= 0.3 is 0 Å². The van der Waals surface area contributed by atoms with Crippen LogP contribution in [0.3, 0.4) is 0 Å². The minimum atomic E-state index is 0.944. The van der Waals surface area contributed by atoms with Crippen LogP contribution in [0.25, 0.3) is 88.0 Å². The second kappa shape index (κ2) is 9.82. The summed E-state index contributed by atoms with van der Waals surface area (Å²) in [5, 5.41) is 8.74. The van der Waals surface area contributed by atoms with Gasteiger partial charge in [0, 0.05) is 35.1 Å². The van der Waals surface area contributed by atoms with Gasteiger partial charge in [0.1, 0.15) is 0 Å². The van der Waals surface area contributed by atoms with E-state index in [1.165, 1.54) is 49.0 Å². The monoisotopic (exact) mass is 559 g/mol. The zero-order valence-electron chi connectivity index (χ0n) is 23.8. The predicted molar refractivity (Wildman–Crippen MR) is 183 cm³/mol. The summed E-state index contributed by atoms with van der Waals surface area (Å²) in [6.07, 6.45) is 5.55. The molecule has 0 aliphatic heterocycles. The summed E-state index contributed by atoms with van der Waals surface area (Å²) in [5.41, 5.74) is 9.82. The minimum Gasteiger partial charge on any atom is -0.256 e. The average Bonchev–Trinajstić information content (AvgIpc) is 3.10. The molecule has 0 unspecified atom stereocenters. The molecule has 0 amide bonds. The van der Waals surface area contributed by atoms with Crippen LogP contribution < -0.4 is 0 Å². The Balaban J connectivity index is 1.30. The van der Waals surface area contributed by atoms with Gasteiger partial charge in [0.15, 0.2) is 0 Å². The zero-order chi connectivity index (χ0) is 29.0. The third-order valence-corrected chi connectivity index (χ3v) is 8.74. The van der Waals surface area contributed by atoms with Crippen molar-refractivity contribution in [1.82, 2.24) is 15.0 Å². The standard InChI is InChI=1S/C41H25N3/c1-3-19-42-37(7-1)31-23-30(24-32(25-31)38-8-2-4-20-43-38)34-15-10-27-11-16-35-33(14-9-26-12-17-36(34)41(27)40(26)35)28-13-18-39-29(22-28)6-5-21-44-39/h1-25H. The molecule has 0 radical (unpaired) electrons. The molecule has 0 aliphatic rings. The molecule has 0 spiro atoms. The molecule has 6 aromatic carbocycles. The Kier molecular flexibility index (Phi) is 5.50. The molecule has 0 saturated heterocycles. The van der Waals surface area contributed by atoms with Gasteiger partial charge in [-0.05, 0) is 115 Å². The Labute approximate surface area is 254 Å². The molecular formula is C41H25N3. The number of benzene rings is 6. The quantitative estimate of drug-likeness (QED) is 0.201. The van der Waals surface area contributed by atoms with Crippen LogP contribution in [0.5, 0.6) is 0 Å². The van der Waals surface area contributed by atoms with Gasteiger partial charge in [-0.25, -0.2) is 0 Å². The number of aromatic nitrogens is 3. The summed E-state index contributed by atoms with van der Waals surface area (Å²) in [6.45, 7) is 0. The lowest BCUT2D eigenvalue weighted by Crippen LogP contribution is -1.92. The number of hydrogen-bond acceptors (Lipinski definition) is 3. The van der Waals surface area contributed by atoms with E-state index in [0.29, 0.717) is 0 Å². The van der Waals surface area contributed by atoms with Crippen LogP contribution in [0.4, 0.5) is 0 Å². The number of nitrogens with zero attached hydrogens (tertiary/aromatic N) is 3. The predicted octanol–water partition coefficient (Wildman–Crippen LogP) is 10.6. The van der Waals surface area contributed by atoms with Gasteiger partial charge in [-0.15, -0.1) is 0 Å². The van der Waals surface area contributed by atoms with Gasteiger partial charge in [-0.1, -0.05) is 72.8 Å². The summed E-state index contributed by atoms with van der Waals surface area (Å²) in [4.78, 5) is 13.9. The van der Waals surface area contributed by atoms with Crippen LogP contribution in [-0.2, 0) is 0 Å². The van der Waals surface area contributed by atoms with Crippen molar-refractivity contribution in [3.8, 4) is 44.8 Å². The molecule has 0 fully saturated rings. The minimum absolute atomic E-state index is 0.944. The highest BCUT2D eigenvalue weighted by atomic mass is 14.7. The van der Waals surface area contributed by atoms with Crippen molar-refractivity contribution in [2.75, 3.05) is 0 Å². The van der Waals surface area contributed by atoms with Crippen molar-refractivity contribution in [3.63, 3.8) is 0 Å². The van der Waals surface area contributed by atoms with Crippen molar-refractivity contribution < 1.29 is 0 Å². The first-order valence-corrected chi connectivity index (χ1v) is 14.8. The van der Waals surface area contributed by atoms with E-state index in [4.69, 9.17) is 0 Å². The van der Waals surface area contributed by atoms with Crippen LogP contribution in [-0.4, -0.2) is 15.0 Å².